The normalized spacial score (nSPS) is 14.3. The number of aryl methyl sites for hydroxylation is 1. The fourth-order valence-corrected chi connectivity index (χ4v) is 3.41. The summed E-state index contributed by atoms with van der Waals surface area (Å²) >= 11 is 0. The quantitative estimate of drug-likeness (QED) is 0.742. The van der Waals surface area contributed by atoms with Crippen molar-refractivity contribution in [2.24, 2.45) is 0 Å². The summed E-state index contributed by atoms with van der Waals surface area (Å²) in [4.78, 5) is 23.8. The summed E-state index contributed by atoms with van der Waals surface area (Å²) in [6.45, 7) is 2.80. The third-order valence-corrected chi connectivity index (χ3v) is 4.88. The standard InChI is InChI=1S/C22H21FN4O/c1-15(25-22(28)16-7-9-17(23)10-8-16)18-11-12-20-19(26-18)5-4-14-27(20)21-6-2-3-13-24-21/h2-3,6-13,15H,4-5,14H2,1H3,(H,25,28). The lowest BCUT2D eigenvalue weighted by molar-refractivity contribution is 0.0939. The summed E-state index contributed by atoms with van der Waals surface area (Å²) < 4.78 is 13.0. The molecule has 3 heterocycles. The number of fused-ring (bicyclic) bond motifs is 1. The maximum absolute atomic E-state index is 13.0. The van der Waals surface area contributed by atoms with Crippen molar-refractivity contribution >= 4 is 17.4 Å². The molecule has 142 valence electrons. The Hall–Kier alpha value is -3.28. The molecule has 1 aliphatic rings. The molecule has 2 aromatic heterocycles. The van der Waals surface area contributed by atoms with E-state index < -0.39 is 0 Å². The number of benzene rings is 1. The molecule has 1 amide bonds. The van der Waals surface area contributed by atoms with Crippen molar-refractivity contribution in [3.8, 4) is 0 Å². The summed E-state index contributed by atoms with van der Waals surface area (Å²) in [6, 6.07) is 15.1. The maximum Gasteiger partial charge on any atom is 0.251 e. The third kappa shape index (κ3) is 3.71. The van der Waals surface area contributed by atoms with Crippen molar-refractivity contribution < 1.29 is 9.18 Å². The van der Waals surface area contributed by atoms with E-state index in [2.05, 4.69) is 15.2 Å². The van der Waals surface area contributed by atoms with Crippen LogP contribution in [0.2, 0.25) is 0 Å². The Balaban J connectivity index is 1.53. The Morgan fingerprint density at radius 1 is 1.14 bits per heavy atom. The SMILES string of the molecule is CC(NC(=O)c1ccc(F)cc1)c1ccc2c(n1)CCCN2c1ccccn1. The van der Waals surface area contributed by atoms with E-state index in [0.29, 0.717) is 5.56 Å². The zero-order valence-electron chi connectivity index (χ0n) is 15.6. The molecule has 3 aromatic rings. The van der Waals surface area contributed by atoms with Gasteiger partial charge in [-0.1, -0.05) is 6.07 Å². The van der Waals surface area contributed by atoms with Gasteiger partial charge in [-0.2, -0.15) is 0 Å². The molecule has 0 aliphatic carbocycles. The number of carbonyl (C=O) groups excluding carboxylic acids is 1. The largest absolute Gasteiger partial charge is 0.344 e. The lowest BCUT2D eigenvalue weighted by Crippen LogP contribution is -2.29. The van der Waals surface area contributed by atoms with E-state index in [1.807, 2.05) is 37.3 Å². The summed E-state index contributed by atoms with van der Waals surface area (Å²) in [5.41, 5.74) is 3.30. The number of pyridine rings is 2. The minimum Gasteiger partial charge on any atom is -0.344 e. The molecule has 1 atom stereocenters. The number of aromatic nitrogens is 2. The first-order valence-electron chi connectivity index (χ1n) is 9.36. The lowest BCUT2D eigenvalue weighted by Gasteiger charge is -2.30. The van der Waals surface area contributed by atoms with Crippen molar-refractivity contribution in [2.45, 2.75) is 25.8 Å². The minimum atomic E-state index is -0.363. The van der Waals surface area contributed by atoms with Crippen LogP contribution in [0.15, 0.2) is 60.8 Å². The number of rotatable bonds is 4. The number of hydrogen-bond donors (Lipinski definition) is 1. The van der Waals surface area contributed by atoms with Gasteiger partial charge in [0, 0.05) is 18.3 Å². The number of nitrogens with zero attached hydrogens (tertiary/aromatic N) is 3. The Morgan fingerprint density at radius 3 is 2.71 bits per heavy atom. The van der Waals surface area contributed by atoms with Gasteiger partial charge in [0.2, 0.25) is 0 Å². The maximum atomic E-state index is 13.0. The van der Waals surface area contributed by atoms with Crippen molar-refractivity contribution in [3.63, 3.8) is 0 Å². The van der Waals surface area contributed by atoms with Gasteiger partial charge < -0.3 is 10.2 Å². The summed E-state index contributed by atoms with van der Waals surface area (Å²) in [6.07, 6.45) is 3.68. The van der Waals surface area contributed by atoms with E-state index >= 15 is 0 Å². The fraction of sp³-hybridized carbons (Fsp3) is 0.227. The smallest absolute Gasteiger partial charge is 0.251 e. The van der Waals surface area contributed by atoms with Gasteiger partial charge >= 0.3 is 0 Å². The number of hydrogen-bond acceptors (Lipinski definition) is 4. The van der Waals surface area contributed by atoms with Gasteiger partial charge in [-0.15, -0.1) is 0 Å². The second kappa shape index (κ2) is 7.76. The van der Waals surface area contributed by atoms with Crippen LogP contribution in [0.3, 0.4) is 0 Å². The molecule has 1 aromatic carbocycles. The van der Waals surface area contributed by atoms with E-state index in [1.54, 1.807) is 6.20 Å². The molecule has 0 saturated carbocycles. The van der Waals surface area contributed by atoms with Gasteiger partial charge in [0.25, 0.3) is 5.91 Å². The van der Waals surface area contributed by atoms with Crippen LogP contribution in [-0.4, -0.2) is 22.4 Å². The summed E-state index contributed by atoms with van der Waals surface area (Å²) in [5.74, 6) is 0.302. The Kier molecular flexibility index (Phi) is 5.02. The molecule has 6 heteroatoms. The molecule has 0 saturated heterocycles. The van der Waals surface area contributed by atoms with Crippen molar-refractivity contribution in [3.05, 3.63) is 83.6 Å². The van der Waals surface area contributed by atoms with Gasteiger partial charge in [0.1, 0.15) is 11.6 Å². The predicted octanol–water partition coefficient (Wildman–Crippen LogP) is 4.19. The van der Waals surface area contributed by atoms with Gasteiger partial charge in [0.05, 0.1) is 23.1 Å². The third-order valence-electron chi connectivity index (χ3n) is 4.88. The number of nitrogens with one attached hydrogen (secondary N) is 1. The molecule has 5 nitrogen and oxygen atoms in total. The molecule has 0 radical (unpaired) electrons. The van der Waals surface area contributed by atoms with Crippen LogP contribution < -0.4 is 10.2 Å². The second-order valence-electron chi connectivity index (χ2n) is 6.85. The van der Waals surface area contributed by atoms with E-state index in [1.165, 1.54) is 24.3 Å². The van der Waals surface area contributed by atoms with E-state index in [9.17, 15) is 9.18 Å². The fourth-order valence-electron chi connectivity index (χ4n) is 3.41. The zero-order chi connectivity index (χ0) is 19.5. The van der Waals surface area contributed by atoms with Crippen LogP contribution in [-0.2, 0) is 6.42 Å². The first kappa shape index (κ1) is 18.1. The van der Waals surface area contributed by atoms with Crippen LogP contribution in [0.5, 0.6) is 0 Å². The number of amides is 1. The first-order chi connectivity index (χ1) is 13.6. The molecule has 0 fully saturated rings. The molecule has 4 rings (SSSR count). The average molecular weight is 376 g/mol. The topological polar surface area (TPSA) is 58.1 Å². The predicted molar refractivity (Wildman–Crippen MR) is 106 cm³/mol. The highest BCUT2D eigenvalue weighted by atomic mass is 19.1. The summed E-state index contributed by atoms with van der Waals surface area (Å²) in [5, 5.41) is 2.93. The Labute approximate surface area is 163 Å². The Bertz CT molecular complexity index is 976. The van der Waals surface area contributed by atoms with Gasteiger partial charge in [-0.25, -0.2) is 9.37 Å². The molecular weight excluding hydrogens is 355 g/mol. The van der Waals surface area contributed by atoms with Crippen molar-refractivity contribution in [2.75, 3.05) is 11.4 Å². The van der Waals surface area contributed by atoms with Crippen LogP contribution >= 0.6 is 0 Å². The number of anilines is 2. The molecule has 1 unspecified atom stereocenters. The van der Waals surface area contributed by atoms with Crippen LogP contribution in [0.25, 0.3) is 0 Å². The van der Waals surface area contributed by atoms with E-state index in [0.717, 1.165) is 42.3 Å². The molecule has 1 aliphatic heterocycles. The molecule has 0 bridgehead atoms. The minimum absolute atomic E-state index is 0.248. The van der Waals surface area contributed by atoms with Gasteiger partial charge in [-0.3, -0.25) is 9.78 Å². The van der Waals surface area contributed by atoms with Gasteiger partial charge in [0.15, 0.2) is 0 Å². The average Bonchev–Trinajstić information content (AvgIpc) is 2.74. The summed E-state index contributed by atoms with van der Waals surface area (Å²) in [7, 11) is 0. The second-order valence-corrected chi connectivity index (χ2v) is 6.85. The molecule has 0 spiro atoms. The van der Waals surface area contributed by atoms with Gasteiger partial charge in [-0.05, 0) is 68.3 Å². The first-order valence-corrected chi connectivity index (χ1v) is 9.36. The lowest BCUT2D eigenvalue weighted by atomic mass is 10.1. The van der Waals surface area contributed by atoms with Crippen molar-refractivity contribution in [1.29, 1.82) is 0 Å². The molecule has 1 N–H and O–H groups in total. The monoisotopic (exact) mass is 376 g/mol. The number of carbonyl (C=O) groups is 1. The van der Waals surface area contributed by atoms with Crippen LogP contribution in [0.4, 0.5) is 15.9 Å². The molecule has 28 heavy (non-hydrogen) atoms. The van der Waals surface area contributed by atoms with Crippen molar-refractivity contribution in [1.82, 2.24) is 15.3 Å². The Morgan fingerprint density at radius 2 is 1.96 bits per heavy atom. The highest BCUT2D eigenvalue weighted by Crippen LogP contribution is 2.32. The number of halogens is 1. The highest BCUT2D eigenvalue weighted by Gasteiger charge is 2.22. The van der Waals surface area contributed by atoms with E-state index in [4.69, 9.17) is 4.98 Å². The van der Waals surface area contributed by atoms with E-state index in [-0.39, 0.29) is 17.8 Å². The zero-order valence-corrected chi connectivity index (χ0v) is 15.6. The highest BCUT2D eigenvalue weighted by molar-refractivity contribution is 5.94. The van der Waals surface area contributed by atoms with Crippen LogP contribution in [0, 0.1) is 5.82 Å². The van der Waals surface area contributed by atoms with Crippen LogP contribution in [0.1, 0.15) is 41.1 Å². The molecular formula is C22H21FN4O.